The molecule has 0 bridgehead atoms. The van der Waals surface area contributed by atoms with Crippen LogP contribution >= 0.6 is 11.3 Å². The number of carbonyl (C=O) groups excluding carboxylic acids is 1. The molecule has 0 aliphatic carbocycles. The van der Waals surface area contributed by atoms with Crippen LogP contribution in [0.5, 0.6) is 0 Å². The molecule has 0 atom stereocenters. The molecule has 0 saturated carbocycles. The highest BCUT2D eigenvalue weighted by atomic mass is 32.1. The lowest BCUT2D eigenvalue weighted by Gasteiger charge is -1.98. The average molecular weight is 295 g/mol. The quantitative estimate of drug-likeness (QED) is 0.592. The van der Waals surface area contributed by atoms with Gasteiger partial charge in [0.15, 0.2) is 5.78 Å². The second-order valence-electron chi connectivity index (χ2n) is 4.56. The van der Waals surface area contributed by atoms with Gasteiger partial charge < -0.3 is 5.73 Å². The van der Waals surface area contributed by atoms with E-state index in [-0.39, 0.29) is 12.2 Å². The molecule has 4 nitrogen and oxygen atoms in total. The van der Waals surface area contributed by atoms with Crippen LogP contribution in [0.4, 0.5) is 5.69 Å². The number of nitrogen functional groups attached to an aromatic ring is 1. The Balaban J connectivity index is 1.76. The number of rotatable bonds is 4. The van der Waals surface area contributed by atoms with Crippen molar-refractivity contribution < 1.29 is 4.79 Å². The molecule has 3 rings (SSSR count). The van der Waals surface area contributed by atoms with E-state index in [2.05, 4.69) is 9.97 Å². The van der Waals surface area contributed by atoms with E-state index in [1.165, 1.54) is 11.3 Å². The van der Waals surface area contributed by atoms with Gasteiger partial charge in [-0.3, -0.25) is 9.78 Å². The van der Waals surface area contributed by atoms with Crippen molar-refractivity contribution in [3.63, 3.8) is 0 Å². The Morgan fingerprint density at radius 1 is 1.14 bits per heavy atom. The summed E-state index contributed by atoms with van der Waals surface area (Å²) in [4.78, 5) is 20.7. The van der Waals surface area contributed by atoms with E-state index < -0.39 is 0 Å². The summed E-state index contributed by atoms with van der Waals surface area (Å²) in [5.74, 6) is -0.0196. The summed E-state index contributed by atoms with van der Waals surface area (Å²) in [5.41, 5.74) is 8.73. The fraction of sp³-hybridized carbons (Fsp3) is 0.0625. The van der Waals surface area contributed by atoms with Gasteiger partial charge in [-0.25, -0.2) is 4.98 Å². The third-order valence-corrected chi connectivity index (χ3v) is 3.87. The molecule has 104 valence electrons. The number of hydrogen-bond acceptors (Lipinski definition) is 5. The zero-order valence-electron chi connectivity index (χ0n) is 11.2. The lowest BCUT2D eigenvalue weighted by molar-refractivity contribution is 0.0988. The van der Waals surface area contributed by atoms with Crippen LogP contribution in [-0.4, -0.2) is 15.8 Å². The molecule has 5 heteroatoms. The highest BCUT2D eigenvalue weighted by Gasteiger charge is 2.11. The predicted molar refractivity (Wildman–Crippen MR) is 84.2 cm³/mol. The molecule has 2 heterocycles. The zero-order valence-corrected chi connectivity index (χ0v) is 12.0. The number of aromatic nitrogens is 2. The summed E-state index contributed by atoms with van der Waals surface area (Å²) in [5, 5.41) is 2.74. The van der Waals surface area contributed by atoms with Crippen LogP contribution < -0.4 is 5.73 Å². The number of pyridine rings is 1. The molecule has 0 aliphatic rings. The summed E-state index contributed by atoms with van der Waals surface area (Å²) in [6.45, 7) is 0. The zero-order chi connectivity index (χ0) is 14.7. The first-order chi connectivity index (χ1) is 10.2. The van der Waals surface area contributed by atoms with Gasteiger partial charge in [0.2, 0.25) is 0 Å². The molecule has 0 radical (unpaired) electrons. The molecular formula is C16H13N3OS. The molecule has 0 fully saturated rings. The van der Waals surface area contributed by atoms with Gasteiger partial charge in [-0.15, -0.1) is 11.3 Å². The Bertz CT molecular complexity index is 751. The Morgan fingerprint density at radius 2 is 1.95 bits per heavy atom. The molecule has 2 aromatic heterocycles. The number of thiazole rings is 1. The Morgan fingerprint density at radius 3 is 2.67 bits per heavy atom. The van der Waals surface area contributed by atoms with Crippen molar-refractivity contribution in [3.05, 3.63) is 64.7 Å². The fourth-order valence-corrected chi connectivity index (χ4v) is 2.74. The van der Waals surface area contributed by atoms with Gasteiger partial charge in [-0.1, -0.05) is 18.2 Å². The van der Waals surface area contributed by atoms with Crippen LogP contribution in [0.3, 0.4) is 0 Å². The van der Waals surface area contributed by atoms with Gasteiger partial charge in [0.05, 0.1) is 12.1 Å². The minimum absolute atomic E-state index is 0.0196. The third kappa shape index (κ3) is 3.14. The first-order valence-corrected chi connectivity index (χ1v) is 7.35. The van der Waals surface area contributed by atoms with E-state index in [0.29, 0.717) is 5.69 Å². The highest BCUT2D eigenvalue weighted by Crippen LogP contribution is 2.23. The van der Waals surface area contributed by atoms with Crippen LogP contribution in [0.2, 0.25) is 0 Å². The van der Waals surface area contributed by atoms with Crippen molar-refractivity contribution in [3.8, 4) is 11.3 Å². The maximum absolute atomic E-state index is 12.1. The van der Waals surface area contributed by atoms with Crippen LogP contribution in [0.1, 0.15) is 15.5 Å². The van der Waals surface area contributed by atoms with E-state index in [1.807, 2.05) is 35.7 Å². The second-order valence-corrected chi connectivity index (χ2v) is 5.51. The monoisotopic (exact) mass is 295 g/mol. The smallest absolute Gasteiger partial charge is 0.187 e. The predicted octanol–water partition coefficient (Wildman–Crippen LogP) is 3.21. The van der Waals surface area contributed by atoms with E-state index in [1.54, 1.807) is 18.3 Å². The number of anilines is 1. The average Bonchev–Trinajstić information content (AvgIpc) is 2.97. The Labute approximate surface area is 126 Å². The van der Waals surface area contributed by atoms with Crippen molar-refractivity contribution in [2.75, 3.05) is 5.73 Å². The van der Waals surface area contributed by atoms with E-state index in [4.69, 9.17) is 5.73 Å². The third-order valence-electron chi connectivity index (χ3n) is 3.02. The molecule has 3 aromatic rings. The first-order valence-electron chi connectivity index (χ1n) is 6.47. The van der Waals surface area contributed by atoms with E-state index in [0.717, 1.165) is 22.0 Å². The van der Waals surface area contributed by atoms with Gasteiger partial charge in [0.1, 0.15) is 10.7 Å². The summed E-state index contributed by atoms with van der Waals surface area (Å²) >= 11 is 1.48. The number of ketones is 1. The van der Waals surface area contributed by atoms with Crippen LogP contribution in [-0.2, 0) is 6.42 Å². The maximum Gasteiger partial charge on any atom is 0.187 e. The first kappa shape index (κ1) is 13.5. The number of nitrogens with zero attached hydrogens (tertiary/aromatic N) is 2. The minimum Gasteiger partial charge on any atom is -0.399 e. The standard InChI is InChI=1S/C16H13N3OS/c17-12-6-4-11(5-7-12)14-10-21-16(19-14)9-15(20)13-3-1-2-8-18-13/h1-8,10H,9,17H2. The van der Waals surface area contributed by atoms with Crippen LogP contribution in [0.15, 0.2) is 54.0 Å². The molecule has 0 unspecified atom stereocenters. The van der Waals surface area contributed by atoms with E-state index in [9.17, 15) is 4.79 Å². The number of carbonyl (C=O) groups is 1. The maximum atomic E-state index is 12.1. The van der Waals surface area contributed by atoms with Crippen molar-refractivity contribution in [1.82, 2.24) is 9.97 Å². The van der Waals surface area contributed by atoms with Gasteiger partial charge in [0, 0.05) is 22.8 Å². The summed E-state index contributed by atoms with van der Waals surface area (Å²) in [7, 11) is 0. The fourth-order valence-electron chi connectivity index (χ4n) is 1.93. The summed E-state index contributed by atoms with van der Waals surface area (Å²) in [6, 6.07) is 12.8. The lowest BCUT2D eigenvalue weighted by Crippen LogP contribution is -2.05. The van der Waals surface area contributed by atoms with Gasteiger partial charge in [-0.05, 0) is 24.3 Å². The van der Waals surface area contributed by atoms with Crippen LogP contribution in [0, 0.1) is 0 Å². The molecule has 0 amide bonds. The number of nitrogens with two attached hydrogens (primary N) is 1. The van der Waals surface area contributed by atoms with Gasteiger partial charge in [-0.2, -0.15) is 0 Å². The minimum atomic E-state index is -0.0196. The van der Waals surface area contributed by atoms with Crippen LogP contribution in [0.25, 0.3) is 11.3 Å². The summed E-state index contributed by atoms with van der Waals surface area (Å²) < 4.78 is 0. The second kappa shape index (κ2) is 5.85. The van der Waals surface area contributed by atoms with Gasteiger partial charge in [0.25, 0.3) is 0 Å². The largest absolute Gasteiger partial charge is 0.399 e. The highest BCUT2D eigenvalue weighted by molar-refractivity contribution is 7.10. The normalized spacial score (nSPS) is 10.5. The Hall–Kier alpha value is -2.53. The molecule has 0 saturated heterocycles. The lowest BCUT2D eigenvalue weighted by atomic mass is 10.1. The molecule has 2 N–H and O–H groups in total. The van der Waals surface area contributed by atoms with Crippen molar-refractivity contribution in [2.45, 2.75) is 6.42 Å². The van der Waals surface area contributed by atoms with Crippen molar-refractivity contribution in [1.29, 1.82) is 0 Å². The van der Waals surface area contributed by atoms with Crippen molar-refractivity contribution >= 4 is 22.8 Å². The SMILES string of the molecule is Nc1ccc(-c2csc(CC(=O)c3ccccn3)n2)cc1. The molecule has 0 spiro atoms. The molecular weight excluding hydrogens is 282 g/mol. The number of benzene rings is 1. The molecule has 21 heavy (non-hydrogen) atoms. The number of hydrogen-bond donors (Lipinski definition) is 1. The van der Waals surface area contributed by atoms with E-state index >= 15 is 0 Å². The summed E-state index contributed by atoms with van der Waals surface area (Å²) in [6.07, 6.45) is 1.89. The topological polar surface area (TPSA) is 68.9 Å². The molecule has 1 aromatic carbocycles. The molecule has 0 aliphatic heterocycles. The Kier molecular flexibility index (Phi) is 3.75. The van der Waals surface area contributed by atoms with Gasteiger partial charge >= 0.3 is 0 Å². The number of Topliss-reactive ketones (excluding diaryl/α,β-unsaturated/α-hetero) is 1. The van der Waals surface area contributed by atoms with Crippen molar-refractivity contribution in [2.24, 2.45) is 0 Å².